The molecule has 2 amide bonds. The molecule has 0 saturated carbocycles. The fourth-order valence-electron chi connectivity index (χ4n) is 4.42. The molecular weight excluding hydrogens is 481 g/mol. The number of aromatic nitrogens is 3. The maximum Gasteiger partial charge on any atom is 0.255 e. The highest BCUT2D eigenvalue weighted by molar-refractivity contribution is 7.99. The van der Waals surface area contributed by atoms with E-state index in [0.29, 0.717) is 29.3 Å². The molecule has 2 unspecified atom stereocenters. The third-order valence-corrected chi connectivity index (χ3v) is 7.32. The van der Waals surface area contributed by atoms with Crippen molar-refractivity contribution in [1.82, 2.24) is 25.4 Å². The van der Waals surface area contributed by atoms with Crippen LogP contribution in [0.3, 0.4) is 0 Å². The number of amides is 2. The van der Waals surface area contributed by atoms with E-state index in [-0.39, 0.29) is 18.4 Å². The van der Waals surface area contributed by atoms with Gasteiger partial charge in [-0.3, -0.25) is 14.8 Å². The SMILES string of the molecule is O=C(CC(Cc1ccc2ccccc2c1)n1cc(C2CSCN2C(=O)c2ccc(F)cc2)nn1)NO. The van der Waals surface area contributed by atoms with Crippen molar-refractivity contribution in [1.29, 1.82) is 0 Å². The highest BCUT2D eigenvalue weighted by atomic mass is 32.2. The summed E-state index contributed by atoms with van der Waals surface area (Å²) in [4.78, 5) is 26.8. The zero-order valence-electron chi connectivity index (χ0n) is 19.3. The third kappa shape index (κ3) is 5.09. The second kappa shape index (κ2) is 10.5. The van der Waals surface area contributed by atoms with Gasteiger partial charge >= 0.3 is 0 Å². The quantitative estimate of drug-likeness (QED) is 0.289. The molecule has 1 aliphatic rings. The summed E-state index contributed by atoms with van der Waals surface area (Å²) >= 11 is 1.60. The number of carbonyl (C=O) groups excluding carboxylic acids is 2. The van der Waals surface area contributed by atoms with Gasteiger partial charge in [-0.05, 0) is 47.0 Å². The van der Waals surface area contributed by atoms with E-state index in [4.69, 9.17) is 5.21 Å². The lowest BCUT2D eigenvalue weighted by atomic mass is 10.00. The van der Waals surface area contributed by atoms with E-state index in [1.807, 2.05) is 36.4 Å². The zero-order chi connectivity index (χ0) is 25.1. The molecule has 184 valence electrons. The maximum absolute atomic E-state index is 13.3. The first-order valence-electron chi connectivity index (χ1n) is 11.5. The molecule has 4 aromatic rings. The van der Waals surface area contributed by atoms with Gasteiger partial charge in [-0.2, -0.15) is 0 Å². The van der Waals surface area contributed by atoms with Gasteiger partial charge in [0.2, 0.25) is 5.91 Å². The third-order valence-electron chi connectivity index (χ3n) is 6.31. The number of hydrogen-bond donors (Lipinski definition) is 2. The van der Waals surface area contributed by atoms with Crippen molar-refractivity contribution < 1.29 is 19.2 Å². The minimum atomic E-state index is -0.526. The van der Waals surface area contributed by atoms with Crippen LogP contribution >= 0.6 is 11.8 Å². The first-order valence-corrected chi connectivity index (χ1v) is 12.6. The predicted octanol–water partition coefficient (Wildman–Crippen LogP) is 4.14. The van der Waals surface area contributed by atoms with Crippen molar-refractivity contribution in [3.05, 3.63) is 95.6 Å². The van der Waals surface area contributed by atoms with Gasteiger partial charge in [0.05, 0.1) is 30.6 Å². The van der Waals surface area contributed by atoms with Gasteiger partial charge in [0.25, 0.3) is 5.91 Å². The average molecular weight is 506 g/mol. The van der Waals surface area contributed by atoms with Gasteiger partial charge in [-0.15, -0.1) is 16.9 Å². The van der Waals surface area contributed by atoms with E-state index in [0.717, 1.165) is 16.3 Å². The Balaban J connectivity index is 1.38. The molecule has 2 N–H and O–H groups in total. The van der Waals surface area contributed by atoms with Crippen LogP contribution in [-0.2, 0) is 11.2 Å². The summed E-state index contributed by atoms with van der Waals surface area (Å²) in [6.07, 6.45) is 2.26. The lowest BCUT2D eigenvalue weighted by molar-refractivity contribution is -0.130. The number of hydroxylamine groups is 1. The van der Waals surface area contributed by atoms with Crippen molar-refractivity contribution in [2.45, 2.75) is 24.9 Å². The topological polar surface area (TPSA) is 100 Å². The lowest BCUT2D eigenvalue weighted by Gasteiger charge is -2.22. The van der Waals surface area contributed by atoms with Crippen LogP contribution in [0.4, 0.5) is 4.39 Å². The highest BCUT2D eigenvalue weighted by Crippen LogP contribution is 2.34. The smallest absolute Gasteiger partial charge is 0.255 e. The van der Waals surface area contributed by atoms with Crippen LogP contribution in [0.25, 0.3) is 10.8 Å². The van der Waals surface area contributed by atoms with Crippen LogP contribution in [0, 0.1) is 5.82 Å². The maximum atomic E-state index is 13.3. The average Bonchev–Trinajstić information content (AvgIpc) is 3.58. The Kier molecular flexibility index (Phi) is 6.97. The van der Waals surface area contributed by atoms with Gasteiger partial charge < -0.3 is 4.90 Å². The summed E-state index contributed by atoms with van der Waals surface area (Å²) in [7, 11) is 0. The number of thioether (sulfide) groups is 1. The Morgan fingerprint density at radius 1 is 1.11 bits per heavy atom. The van der Waals surface area contributed by atoms with Crippen LogP contribution < -0.4 is 5.48 Å². The van der Waals surface area contributed by atoms with Crippen LogP contribution in [-0.4, -0.2) is 48.5 Å². The molecule has 10 heteroatoms. The van der Waals surface area contributed by atoms with Crippen molar-refractivity contribution in [3.8, 4) is 0 Å². The summed E-state index contributed by atoms with van der Waals surface area (Å²) in [6.45, 7) is 0. The molecule has 36 heavy (non-hydrogen) atoms. The molecule has 2 atom stereocenters. The summed E-state index contributed by atoms with van der Waals surface area (Å²) in [5, 5.41) is 20.0. The first-order chi connectivity index (χ1) is 17.5. The Labute approximate surface area is 211 Å². The monoisotopic (exact) mass is 505 g/mol. The number of fused-ring (bicyclic) bond motifs is 1. The van der Waals surface area contributed by atoms with Gasteiger partial charge in [-0.25, -0.2) is 14.6 Å². The van der Waals surface area contributed by atoms with E-state index < -0.39 is 17.8 Å². The summed E-state index contributed by atoms with van der Waals surface area (Å²) < 4.78 is 14.9. The van der Waals surface area contributed by atoms with Gasteiger partial charge in [0.15, 0.2) is 0 Å². The van der Waals surface area contributed by atoms with Gasteiger partial charge in [0, 0.05) is 11.3 Å². The zero-order valence-corrected chi connectivity index (χ0v) is 20.1. The fraction of sp³-hybridized carbons (Fsp3) is 0.231. The van der Waals surface area contributed by atoms with Crippen molar-refractivity contribution in [2.24, 2.45) is 0 Å². The highest BCUT2D eigenvalue weighted by Gasteiger charge is 2.33. The number of rotatable bonds is 7. The summed E-state index contributed by atoms with van der Waals surface area (Å²) in [5.74, 6) is 0.0136. The molecule has 8 nitrogen and oxygen atoms in total. The summed E-state index contributed by atoms with van der Waals surface area (Å²) in [5.41, 5.74) is 3.74. The number of carbonyl (C=O) groups is 2. The molecule has 1 fully saturated rings. The largest absolute Gasteiger partial charge is 0.320 e. The van der Waals surface area contributed by atoms with Crippen molar-refractivity contribution in [2.75, 3.05) is 11.6 Å². The molecule has 1 saturated heterocycles. The van der Waals surface area contributed by atoms with E-state index in [1.165, 1.54) is 24.3 Å². The number of benzene rings is 3. The van der Waals surface area contributed by atoms with E-state index in [2.05, 4.69) is 16.4 Å². The Bertz CT molecular complexity index is 1390. The van der Waals surface area contributed by atoms with Crippen molar-refractivity contribution >= 4 is 34.3 Å². The van der Waals surface area contributed by atoms with Crippen molar-refractivity contribution in [3.63, 3.8) is 0 Å². The molecule has 0 aliphatic carbocycles. The second-order valence-corrected chi connectivity index (χ2v) is 9.70. The Hall–Kier alpha value is -3.76. The normalized spacial score (nSPS) is 16.3. The van der Waals surface area contributed by atoms with E-state index in [1.54, 1.807) is 33.0 Å². The number of hydrogen-bond acceptors (Lipinski definition) is 6. The number of nitrogens with one attached hydrogen (secondary N) is 1. The first kappa shape index (κ1) is 24.0. The van der Waals surface area contributed by atoms with Crippen LogP contribution in [0.15, 0.2) is 72.9 Å². The Morgan fingerprint density at radius 3 is 2.67 bits per heavy atom. The molecule has 0 radical (unpaired) electrons. The minimum Gasteiger partial charge on any atom is -0.320 e. The molecule has 2 heterocycles. The number of nitrogens with zero attached hydrogens (tertiary/aromatic N) is 4. The van der Waals surface area contributed by atoms with Crippen LogP contribution in [0.1, 0.15) is 40.1 Å². The minimum absolute atomic E-state index is 0.00374. The molecular formula is C26H24FN5O3S. The Morgan fingerprint density at radius 2 is 1.89 bits per heavy atom. The fourth-order valence-corrected chi connectivity index (χ4v) is 5.60. The van der Waals surface area contributed by atoms with Crippen LogP contribution in [0.5, 0.6) is 0 Å². The molecule has 0 spiro atoms. The van der Waals surface area contributed by atoms with Crippen LogP contribution in [0.2, 0.25) is 0 Å². The predicted molar refractivity (Wildman–Crippen MR) is 134 cm³/mol. The molecule has 1 aliphatic heterocycles. The summed E-state index contributed by atoms with van der Waals surface area (Å²) in [6, 6.07) is 19.0. The van der Waals surface area contributed by atoms with Gasteiger partial charge in [-0.1, -0.05) is 47.7 Å². The number of halogens is 1. The molecule has 1 aromatic heterocycles. The molecule has 5 rings (SSSR count). The molecule has 0 bridgehead atoms. The standard InChI is InChI=1S/C26H24FN5O3S/c27-21-9-7-19(8-10-21)26(34)31-16-36-15-24(31)23-14-32(30-28-23)22(13-25(33)29-35)12-17-5-6-18-3-1-2-4-20(18)11-17/h1-11,14,22,24,35H,12-13,15-16H2,(H,29,33). The lowest BCUT2D eigenvalue weighted by Crippen LogP contribution is -2.31. The van der Waals surface area contributed by atoms with E-state index >= 15 is 0 Å². The second-order valence-electron chi connectivity index (χ2n) is 8.70. The van der Waals surface area contributed by atoms with Gasteiger partial charge in [0.1, 0.15) is 11.5 Å². The van der Waals surface area contributed by atoms with E-state index in [9.17, 15) is 14.0 Å². The molecule has 3 aromatic carbocycles.